The molecule has 0 aliphatic heterocycles. The molecule has 0 unspecified atom stereocenters. The zero-order valence-electron chi connectivity index (χ0n) is 14.1. The summed E-state index contributed by atoms with van der Waals surface area (Å²) in [5.74, 6) is 2.15. The summed E-state index contributed by atoms with van der Waals surface area (Å²) >= 11 is 0. The summed E-state index contributed by atoms with van der Waals surface area (Å²) in [6.07, 6.45) is 0. The number of hydrogen-bond donors (Lipinski definition) is 0. The van der Waals surface area contributed by atoms with Crippen LogP contribution in [0.4, 0.5) is 0 Å². The van der Waals surface area contributed by atoms with E-state index in [9.17, 15) is 0 Å². The molecule has 0 bridgehead atoms. The molecule has 0 atom stereocenters. The van der Waals surface area contributed by atoms with Crippen LogP contribution in [-0.2, 0) is 0 Å². The summed E-state index contributed by atoms with van der Waals surface area (Å²) in [5.41, 5.74) is 4.51. The topological polar surface area (TPSA) is 38.9 Å². The van der Waals surface area contributed by atoms with Crippen LogP contribution < -0.4 is 0 Å². The van der Waals surface area contributed by atoms with Crippen LogP contribution in [0.5, 0.6) is 0 Å². The first-order valence-electron chi connectivity index (χ1n) is 8.08. The van der Waals surface area contributed by atoms with Gasteiger partial charge in [0.15, 0.2) is 0 Å². The highest BCUT2D eigenvalue weighted by Gasteiger charge is 2.11. The third-order valence-corrected chi connectivity index (χ3v) is 4.07. The molecule has 0 fully saturated rings. The standard InChI is InChI=1S/C20H22N2O/c1-13(2)15-5-9-17(10-6-15)19-21-22-20(23-19)18-11-7-16(8-12-18)14(3)4/h5-14H,1-4H3. The Bertz CT molecular complexity index is 702. The van der Waals surface area contributed by atoms with Gasteiger partial charge in [-0.3, -0.25) is 0 Å². The molecule has 23 heavy (non-hydrogen) atoms. The Labute approximate surface area is 137 Å². The molecule has 118 valence electrons. The number of nitrogens with zero attached hydrogens (tertiary/aromatic N) is 2. The van der Waals surface area contributed by atoms with Gasteiger partial charge in [-0.05, 0) is 47.2 Å². The Balaban J connectivity index is 1.85. The van der Waals surface area contributed by atoms with E-state index in [-0.39, 0.29) is 0 Å². The highest BCUT2D eigenvalue weighted by atomic mass is 16.4. The monoisotopic (exact) mass is 306 g/mol. The quantitative estimate of drug-likeness (QED) is 0.625. The van der Waals surface area contributed by atoms with Crippen molar-refractivity contribution in [2.75, 3.05) is 0 Å². The van der Waals surface area contributed by atoms with E-state index in [0.29, 0.717) is 23.6 Å². The molecule has 3 heteroatoms. The fourth-order valence-corrected chi connectivity index (χ4v) is 2.48. The second kappa shape index (κ2) is 6.37. The van der Waals surface area contributed by atoms with Crippen molar-refractivity contribution in [3.63, 3.8) is 0 Å². The summed E-state index contributed by atoms with van der Waals surface area (Å²) in [7, 11) is 0. The lowest BCUT2D eigenvalue weighted by molar-refractivity contribution is 0.584. The number of rotatable bonds is 4. The van der Waals surface area contributed by atoms with Crippen LogP contribution in [0.1, 0.15) is 50.7 Å². The third kappa shape index (κ3) is 3.34. The molecule has 0 saturated heterocycles. The lowest BCUT2D eigenvalue weighted by atomic mass is 10.0. The molecule has 1 heterocycles. The van der Waals surface area contributed by atoms with Gasteiger partial charge in [-0.2, -0.15) is 0 Å². The predicted molar refractivity (Wildman–Crippen MR) is 93.3 cm³/mol. The van der Waals surface area contributed by atoms with E-state index in [0.717, 1.165) is 11.1 Å². The second-order valence-corrected chi connectivity index (χ2v) is 6.47. The summed E-state index contributed by atoms with van der Waals surface area (Å²) in [6.45, 7) is 8.72. The Hall–Kier alpha value is -2.42. The van der Waals surface area contributed by atoms with Gasteiger partial charge in [-0.15, -0.1) is 10.2 Å². The highest BCUT2D eigenvalue weighted by molar-refractivity contribution is 5.58. The maximum atomic E-state index is 5.83. The molecule has 0 amide bonds. The fourth-order valence-electron chi connectivity index (χ4n) is 2.48. The van der Waals surface area contributed by atoms with Crippen molar-refractivity contribution in [1.82, 2.24) is 10.2 Å². The average molecular weight is 306 g/mol. The molecule has 3 rings (SSSR count). The van der Waals surface area contributed by atoms with E-state index in [1.165, 1.54) is 11.1 Å². The maximum absolute atomic E-state index is 5.83. The van der Waals surface area contributed by atoms with Gasteiger partial charge in [0.1, 0.15) is 0 Å². The van der Waals surface area contributed by atoms with E-state index in [2.05, 4.69) is 62.2 Å². The Kier molecular flexibility index (Phi) is 4.28. The van der Waals surface area contributed by atoms with Gasteiger partial charge in [0.2, 0.25) is 11.8 Å². The molecule has 0 radical (unpaired) electrons. The normalized spacial score (nSPS) is 11.4. The van der Waals surface area contributed by atoms with Gasteiger partial charge in [0.05, 0.1) is 0 Å². The van der Waals surface area contributed by atoms with E-state index in [4.69, 9.17) is 4.42 Å². The summed E-state index contributed by atoms with van der Waals surface area (Å²) in [6, 6.07) is 16.6. The van der Waals surface area contributed by atoms with Gasteiger partial charge < -0.3 is 4.42 Å². The molecule has 0 N–H and O–H groups in total. The van der Waals surface area contributed by atoms with Crippen molar-refractivity contribution in [2.45, 2.75) is 39.5 Å². The van der Waals surface area contributed by atoms with Crippen LogP contribution in [0, 0.1) is 0 Å². The van der Waals surface area contributed by atoms with E-state index >= 15 is 0 Å². The largest absolute Gasteiger partial charge is 0.416 e. The van der Waals surface area contributed by atoms with Crippen molar-refractivity contribution >= 4 is 0 Å². The van der Waals surface area contributed by atoms with Crippen LogP contribution in [0.25, 0.3) is 22.9 Å². The first-order chi connectivity index (χ1) is 11.0. The minimum atomic E-state index is 0.516. The molecule has 0 spiro atoms. The Morgan fingerprint density at radius 3 is 1.26 bits per heavy atom. The lowest BCUT2D eigenvalue weighted by Crippen LogP contribution is -1.86. The fraction of sp³-hybridized carbons (Fsp3) is 0.300. The Morgan fingerprint density at radius 1 is 0.609 bits per heavy atom. The van der Waals surface area contributed by atoms with Gasteiger partial charge >= 0.3 is 0 Å². The maximum Gasteiger partial charge on any atom is 0.248 e. The molecule has 0 aliphatic carbocycles. The SMILES string of the molecule is CC(C)c1ccc(-c2nnc(-c3ccc(C(C)C)cc3)o2)cc1. The number of aromatic nitrogens is 2. The van der Waals surface area contributed by atoms with E-state index in [1.54, 1.807) is 0 Å². The van der Waals surface area contributed by atoms with Crippen molar-refractivity contribution in [2.24, 2.45) is 0 Å². The zero-order chi connectivity index (χ0) is 16.4. The molecular formula is C20H22N2O. The second-order valence-electron chi connectivity index (χ2n) is 6.47. The molecule has 2 aromatic carbocycles. The van der Waals surface area contributed by atoms with Crippen LogP contribution in [0.15, 0.2) is 52.9 Å². The minimum absolute atomic E-state index is 0.516. The molecule has 0 aliphatic rings. The van der Waals surface area contributed by atoms with Crippen LogP contribution in [-0.4, -0.2) is 10.2 Å². The van der Waals surface area contributed by atoms with Crippen molar-refractivity contribution < 1.29 is 4.42 Å². The molecule has 1 aromatic heterocycles. The smallest absolute Gasteiger partial charge is 0.248 e. The first-order valence-corrected chi connectivity index (χ1v) is 8.08. The summed E-state index contributed by atoms with van der Waals surface area (Å²) in [5, 5.41) is 8.36. The molecular weight excluding hydrogens is 284 g/mol. The van der Waals surface area contributed by atoms with Crippen LogP contribution in [0.3, 0.4) is 0 Å². The molecule has 3 aromatic rings. The zero-order valence-corrected chi connectivity index (χ0v) is 14.1. The van der Waals surface area contributed by atoms with Crippen LogP contribution >= 0.6 is 0 Å². The highest BCUT2D eigenvalue weighted by Crippen LogP contribution is 2.26. The van der Waals surface area contributed by atoms with Crippen LogP contribution in [0.2, 0.25) is 0 Å². The Morgan fingerprint density at radius 2 is 0.957 bits per heavy atom. The van der Waals surface area contributed by atoms with Crippen molar-refractivity contribution in [3.8, 4) is 22.9 Å². The lowest BCUT2D eigenvalue weighted by Gasteiger charge is -2.05. The molecule has 3 nitrogen and oxygen atoms in total. The third-order valence-electron chi connectivity index (χ3n) is 4.07. The number of benzene rings is 2. The van der Waals surface area contributed by atoms with E-state index < -0.39 is 0 Å². The number of hydrogen-bond acceptors (Lipinski definition) is 3. The molecule has 0 saturated carbocycles. The first kappa shape index (κ1) is 15.5. The predicted octanol–water partition coefficient (Wildman–Crippen LogP) is 5.65. The van der Waals surface area contributed by atoms with Gasteiger partial charge in [0, 0.05) is 11.1 Å². The average Bonchev–Trinajstić information content (AvgIpc) is 3.05. The summed E-state index contributed by atoms with van der Waals surface area (Å²) < 4.78 is 5.83. The van der Waals surface area contributed by atoms with Crippen molar-refractivity contribution in [3.05, 3.63) is 59.7 Å². The van der Waals surface area contributed by atoms with Gasteiger partial charge in [-0.1, -0.05) is 52.0 Å². The minimum Gasteiger partial charge on any atom is -0.416 e. The summed E-state index contributed by atoms with van der Waals surface area (Å²) in [4.78, 5) is 0. The van der Waals surface area contributed by atoms with E-state index in [1.807, 2.05) is 24.3 Å². The van der Waals surface area contributed by atoms with Gasteiger partial charge in [0.25, 0.3) is 0 Å². The van der Waals surface area contributed by atoms with Gasteiger partial charge in [-0.25, -0.2) is 0 Å². The van der Waals surface area contributed by atoms with Crippen molar-refractivity contribution in [1.29, 1.82) is 0 Å².